The Balaban J connectivity index is 2.10. The van der Waals surface area contributed by atoms with Crippen molar-refractivity contribution in [3.63, 3.8) is 0 Å². The van der Waals surface area contributed by atoms with Gasteiger partial charge < -0.3 is 5.32 Å². The highest BCUT2D eigenvalue weighted by Crippen LogP contribution is 2.23. The van der Waals surface area contributed by atoms with Gasteiger partial charge >= 0.3 is 0 Å². The Morgan fingerprint density at radius 2 is 2.00 bits per heavy atom. The van der Waals surface area contributed by atoms with Gasteiger partial charge in [0.05, 0.1) is 0 Å². The molecule has 0 aliphatic rings. The molecule has 3 nitrogen and oxygen atoms in total. The topological polar surface area (TPSA) is 42.0 Å². The second-order valence-electron chi connectivity index (χ2n) is 5.01. The predicted molar refractivity (Wildman–Crippen MR) is 79.5 cm³/mol. The first kappa shape index (κ1) is 13.7. The van der Waals surface area contributed by atoms with Crippen LogP contribution in [0.25, 0.3) is 10.6 Å². The van der Waals surface area contributed by atoms with Crippen LogP contribution in [0.1, 0.15) is 29.9 Å². The lowest BCUT2D eigenvalue weighted by Crippen LogP contribution is -2.27. The molecule has 0 aliphatic heterocycles. The quantitative estimate of drug-likeness (QED) is 0.927. The number of nitrogens with one attached hydrogen (secondary N) is 1. The fourth-order valence-corrected chi connectivity index (χ4v) is 2.40. The van der Waals surface area contributed by atoms with E-state index in [9.17, 15) is 4.79 Å². The summed E-state index contributed by atoms with van der Waals surface area (Å²) in [5, 5.41) is 5.57. The number of amides is 1. The van der Waals surface area contributed by atoms with Gasteiger partial charge in [0.2, 0.25) is 0 Å². The summed E-state index contributed by atoms with van der Waals surface area (Å²) in [6.07, 6.45) is 0. The normalized spacial score (nSPS) is 10.7. The van der Waals surface area contributed by atoms with Gasteiger partial charge in [-0.25, -0.2) is 4.98 Å². The minimum absolute atomic E-state index is 0.0942. The van der Waals surface area contributed by atoms with Crippen LogP contribution >= 0.6 is 11.3 Å². The SMILES string of the molecule is Cc1ccc(-c2nc(C(=O)NCC(C)C)cs2)cc1. The van der Waals surface area contributed by atoms with Crippen molar-refractivity contribution in [2.75, 3.05) is 6.54 Å². The highest BCUT2D eigenvalue weighted by atomic mass is 32.1. The lowest BCUT2D eigenvalue weighted by atomic mass is 10.2. The number of hydrogen-bond acceptors (Lipinski definition) is 3. The third-order valence-corrected chi connectivity index (χ3v) is 3.60. The molecule has 1 amide bonds. The van der Waals surface area contributed by atoms with Crippen molar-refractivity contribution >= 4 is 17.2 Å². The van der Waals surface area contributed by atoms with E-state index in [2.05, 4.69) is 43.2 Å². The van der Waals surface area contributed by atoms with Crippen LogP contribution in [0.5, 0.6) is 0 Å². The van der Waals surface area contributed by atoms with E-state index in [1.807, 2.05) is 17.5 Å². The lowest BCUT2D eigenvalue weighted by molar-refractivity contribution is 0.0945. The van der Waals surface area contributed by atoms with Crippen molar-refractivity contribution in [3.05, 3.63) is 40.9 Å². The minimum atomic E-state index is -0.0942. The molecule has 0 atom stereocenters. The van der Waals surface area contributed by atoms with Gasteiger partial charge in [-0.1, -0.05) is 43.7 Å². The molecule has 0 aliphatic carbocycles. The van der Waals surface area contributed by atoms with E-state index in [0.29, 0.717) is 18.2 Å². The fraction of sp³-hybridized carbons (Fsp3) is 0.333. The average molecular weight is 274 g/mol. The highest BCUT2D eigenvalue weighted by Gasteiger charge is 2.11. The smallest absolute Gasteiger partial charge is 0.270 e. The molecular weight excluding hydrogens is 256 g/mol. The van der Waals surface area contributed by atoms with Gasteiger partial charge in [-0.15, -0.1) is 11.3 Å². The molecular formula is C15H18N2OS. The molecule has 0 saturated heterocycles. The van der Waals surface area contributed by atoms with Gasteiger partial charge in [0.15, 0.2) is 0 Å². The number of carbonyl (C=O) groups is 1. The molecule has 100 valence electrons. The summed E-state index contributed by atoms with van der Waals surface area (Å²) in [7, 11) is 0. The molecule has 1 heterocycles. The average Bonchev–Trinajstić information content (AvgIpc) is 2.86. The molecule has 0 bridgehead atoms. The van der Waals surface area contributed by atoms with Crippen LogP contribution in [0.3, 0.4) is 0 Å². The van der Waals surface area contributed by atoms with Crippen LogP contribution in [0.15, 0.2) is 29.6 Å². The van der Waals surface area contributed by atoms with Crippen molar-refractivity contribution in [2.45, 2.75) is 20.8 Å². The number of benzene rings is 1. The number of aryl methyl sites for hydroxylation is 1. The molecule has 4 heteroatoms. The zero-order valence-electron chi connectivity index (χ0n) is 11.4. The van der Waals surface area contributed by atoms with Gasteiger partial charge in [0, 0.05) is 17.5 Å². The van der Waals surface area contributed by atoms with Crippen LogP contribution in [-0.4, -0.2) is 17.4 Å². The standard InChI is InChI=1S/C15H18N2OS/c1-10(2)8-16-14(18)13-9-19-15(17-13)12-6-4-11(3)5-7-12/h4-7,9-10H,8H2,1-3H3,(H,16,18). The lowest BCUT2D eigenvalue weighted by Gasteiger charge is -2.05. The molecule has 1 aromatic carbocycles. The Bertz CT molecular complexity index is 558. The first-order chi connectivity index (χ1) is 9.06. The van der Waals surface area contributed by atoms with Crippen molar-refractivity contribution in [3.8, 4) is 10.6 Å². The zero-order valence-corrected chi connectivity index (χ0v) is 12.3. The molecule has 0 fully saturated rings. The van der Waals surface area contributed by atoms with Crippen LogP contribution in [0, 0.1) is 12.8 Å². The second kappa shape index (κ2) is 5.97. The Hall–Kier alpha value is -1.68. The maximum Gasteiger partial charge on any atom is 0.270 e. The maximum absolute atomic E-state index is 11.9. The van der Waals surface area contributed by atoms with Crippen LogP contribution in [-0.2, 0) is 0 Å². The van der Waals surface area contributed by atoms with Crippen LogP contribution in [0.2, 0.25) is 0 Å². The molecule has 1 N–H and O–H groups in total. The zero-order chi connectivity index (χ0) is 13.8. The van der Waals surface area contributed by atoms with E-state index in [-0.39, 0.29) is 5.91 Å². The Kier molecular flexibility index (Phi) is 4.32. The van der Waals surface area contributed by atoms with Crippen molar-refractivity contribution in [1.29, 1.82) is 0 Å². The second-order valence-corrected chi connectivity index (χ2v) is 5.87. The number of hydrogen-bond donors (Lipinski definition) is 1. The predicted octanol–water partition coefficient (Wildman–Crippen LogP) is 3.50. The Morgan fingerprint density at radius 3 is 2.63 bits per heavy atom. The van der Waals surface area contributed by atoms with E-state index >= 15 is 0 Å². The van der Waals surface area contributed by atoms with Gasteiger partial charge in [0.1, 0.15) is 10.7 Å². The molecule has 0 unspecified atom stereocenters. The highest BCUT2D eigenvalue weighted by molar-refractivity contribution is 7.13. The molecule has 1 aromatic heterocycles. The van der Waals surface area contributed by atoms with Crippen molar-refractivity contribution in [1.82, 2.24) is 10.3 Å². The van der Waals surface area contributed by atoms with Crippen molar-refractivity contribution in [2.24, 2.45) is 5.92 Å². The summed E-state index contributed by atoms with van der Waals surface area (Å²) in [5.41, 5.74) is 2.77. The third kappa shape index (κ3) is 3.64. The van der Waals surface area contributed by atoms with Gasteiger partial charge in [0.25, 0.3) is 5.91 Å². The molecule has 2 rings (SSSR count). The van der Waals surface area contributed by atoms with E-state index in [1.165, 1.54) is 16.9 Å². The monoisotopic (exact) mass is 274 g/mol. The van der Waals surface area contributed by atoms with E-state index < -0.39 is 0 Å². The molecule has 2 aromatic rings. The first-order valence-electron chi connectivity index (χ1n) is 6.37. The number of aromatic nitrogens is 1. The molecule has 0 radical (unpaired) electrons. The summed E-state index contributed by atoms with van der Waals surface area (Å²) < 4.78 is 0. The molecule has 0 saturated carbocycles. The summed E-state index contributed by atoms with van der Waals surface area (Å²) >= 11 is 1.50. The fourth-order valence-electron chi connectivity index (χ4n) is 1.59. The molecule has 19 heavy (non-hydrogen) atoms. The summed E-state index contributed by atoms with van der Waals surface area (Å²) in [6.45, 7) is 6.87. The van der Waals surface area contributed by atoms with Gasteiger partial charge in [-0.3, -0.25) is 4.79 Å². The van der Waals surface area contributed by atoms with Crippen LogP contribution < -0.4 is 5.32 Å². The van der Waals surface area contributed by atoms with E-state index in [1.54, 1.807) is 0 Å². The first-order valence-corrected chi connectivity index (χ1v) is 7.25. The minimum Gasteiger partial charge on any atom is -0.350 e. The summed E-state index contributed by atoms with van der Waals surface area (Å²) in [6, 6.07) is 8.17. The van der Waals surface area contributed by atoms with E-state index in [4.69, 9.17) is 0 Å². The Labute approximate surface area is 117 Å². The summed E-state index contributed by atoms with van der Waals surface area (Å²) in [4.78, 5) is 16.3. The number of rotatable bonds is 4. The maximum atomic E-state index is 11.9. The molecule has 0 spiro atoms. The number of nitrogens with zero attached hydrogens (tertiary/aromatic N) is 1. The summed E-state index contributed by atoms with van der Waals surface area (Å²) in [5.74, 6) is 0.350. The van der Waals surface area contributed by atoms with E-state index in [0.717, 1.165) is 10.6 Å². The Morgan fingerprint density at radius 1 is 1.32 bits per heavy atom. The third-order valence-electron chi connectivity index (χ3n) is 2.71. The number of carbonyl (C=O) groups excluding carboxylic acids is 1. The van der Waals surface area contributed by atoms with Crippen LogP contribution in [0.4, 0.5) is 0 Å². The van der Waals surface area contributed by atoms with Crippen molar-refractivity contribution < 1.29 is 4.79 Å². The van der Waals surface area contributed by atoms with Gasteiger partial charge in [-0.2, -0.15) is 0 Å². The largest absolute Gasteiger partial charge is 0.350 e. The number of thiazole rings is 1. The van der Waals surface area contributed by atoms with Gasteiger partial charge in [-0.05, 0) is 12.8 Å².